The maximum atomic E-state index is 5.35. The monoisotopic (exact) mass is 238 g/mol. The Balaban J connectivity index is 2.76. The summed E-state index contributed by atoms with van der Waals surface area (Å²) in [4.78, 5) is 8.76. The molecule has 5 nitrogen and oxygen atoms in total. The van der Waals surface area contributed by atoms with E-state index in [0.29, 0.717) is 6.54 Å². The van der Waals surface area contributed by atoms with Gasteiger partial charge in [-0.15, -0.1) is 0 Å². The number of rotatable bonds is 6. The van der Waals surface area contributed by atoms with Gasteiger partial charge in [-0.2, -0.15) is 0 Å². The molecule has 0 saturated carbocycles. The van der Waals surface area contributed by atoms with Crippen LogP contribution >= 0.6 is 0 Å². The molecule has 0 aliphatic rings. The zero-order valence-electron chi connectivity index (χ0n) is 11.3. The highest BCUT2D eigenvalue weighted by molar-refractivity contribution is 5.47. The van der Waals surface area contributed by atoms with Crippen molar-refractivity contribution < 1.29 is 4.74 Å². The van der Waals surface area contributed by atoms with Crippen LogP contribution in [0.25, 0.3) is 0 Å². The van der Waals surface area contributed by atoms with Crippen molar-refractivity contribution in [3.63, 3.8) is 0 Å². The molecule has 0 spiro atoms. The first-order valence-electron chi connectivity index (χ1n) is 5.85. The quantitative estimate of drug-likeness (QED) is 0.793. The van der Waals surface area contributed by atoms with Crippen molar-refractivity contribution in [3.8, 4) is 0 Å². The standard InChI is InChI=1S/C12H22N4O/c1-6-9-15-10(13-4)7-11(16-9)14-8-12(2,3)17-5/h7H,6,8H2,1-5H3,(H2,13,14,15,16). The van der Waals surface area contributed by atoms with Crippen LogP contribution in [0.2, 0.25) is 0 Å². The Bertz CT molecular complexity index is 343. The Hall–Kier alpha value is -1.36. The molecule has 0 radical (unpaired) electrons. The van der Waals surface area contributed by atoms with Gasteiger partial charge in [0.2, 0.25) is 0 Å². The Labute approximate surface area is 103 Å². The van der Waals surface area contributed by atoms with Gasteiger partial charge >= 0.3 is 0 Å². The summed E-state index contributed by atoms with van der Waals surface area (Å²) in [6.45, 7) is 6.80. The number of hydrogen-bond acceptors (Lipinski definition) is 5. The zero-order chi connectivity index (χ0) is 12.9. The summed E-state index contributed by atoms with van der Waals surface area (Å²) in [6.07, 6.45) is 0.817. The normalized spacial score (nSPS) is 11.4. The number of hydrogen-bond donors (Lipinski definition) is 2. The van der Waals surface area contributed by atoms with Gasteiger partial charge in [-0.05, 0) is 13.8 Å². The van der Waals surface area contributed by atoms with E-state index in [9.17, 15) is 0 Å². The summed E-state index contributed by atoms with van der Waals surface area (Å²) in [5, 5.41) is 6.30. The van der Waals surface area contributed by atoms with Crippen LogP contribution in [0.15, 0.2) is 6.07 Å². The first kappa shape index (κ1) is 13.7. The lowest BCUT2D eigenvalue weighted by atomic mass is 10.1. The van der Waals surface area contributed by atoms with E-state index in [1.165, 1.54) is 0 Å². The minimum absolute atomic E-state index is 0.211. The molecule has 2 N–H and O–H groups in total. The summed E-state index contributed by atoms with van der Waals surface area (Å²) in [6, 6.07) is 1.89. The highest BCUT2D eigenvalue weighted by Gasteiger charge is 2.16. The second-order valence-electron chi connectivity index (χ2n) is 4.48. The van der Waals surface area contributed by atoms with E-state index < -0.39 is 0 Å². The fourth-order valence-corrected chi connectivity index (χ4v) is 1.25. The van der Waals surface area contributed by atoms with E-state index in [0.717, 1.165) is 23.9 Å². The third-order valence-corrected chi connectivity index (χ3v) is 2.59. The molecule has 5 heteroatoms. The van der Waals surface area contributed by atoms with E-state index in [2.05, 4.69) is 20.6 Å². The molecule has 1 aromatic rings. The third kappa shape index (κ3) is 4.19. The molecular weight excluding hydrogens is 216 g/mol. The van der Waals surface area contributed by atoms with Crippen molar-refractivity contribution in [2.24, 2.45) is 0 Å². The number of aromatic nitrogens is 2. The van der Waals surface area contributed by atoms with Crippen LogP contribution < -0.4 is 10.6 Å². The Morgan fingerprint density at radius 2 is 1.94 bits per heavy atom. The molecule has 0 aliphatic heterocycles. The minimum atomic E-state index is -0.211. The lowest BCUT2D eigenvalue weighted by molar-refractivity contribution is 0.0343. The van der Waals surface area contributed by atoms with E-state index in [1.807, 2.05) is 33.9 Å². The van der Waals surface area contributed by atoms with Gasteiger partial charge in [-0.1, -0.05) is 6.92 Å². The number of nitrogens with one attached hydrogen (secondary N) is 2. The SMILES string of the molecule is CCc1nc(NC)cc(NCC(C)(C)OC)n1. The molecule has 96 valence electrons. The van der Waals surface area contributed by atoms with Crippen molar-refractivity contribution in [2.75, 3.05) is 31.3 Å². The summed E-state index contributed by atoms with van der Waals surface area (Å²) >= 11 is 0. The number of methoxy groups -OCH3 is 1. The fourth-order valence-electron chi connectivity index (χ4n) is 1.25. The van der Waals surface area contributed by atoms with E-state index >= 15 is 0 Å². The molecule has 0 amide bonds. The Kier molecular flexibility index (Phi) is 4.69. The van der Waals surface area contributed by atoms with Gasteiger partial charge < -0.3 is 15.4 Å². The maximum absolute atomic E-state index is 5.35. The Morgan fingerprint density at radius 1 is 1.29 bits per heavy atom. The molecule has 0 aliphatic carbocycles. The van der Waals surface area contributed by atoms with Gasteiger partial charge in [-0.3, -0.25) is 0 Å². The van der Waals surface area contributed by atoms with E-state index in [-0.39, 0.29) is 5.60 Å². The number of anilines is 2. The van der Waals surface area contributed by atoms with Crippen molar-refractivity contribution in [3.05, 3.63) is 11.9 Å². The second kappa shape index (κ2) is 5.82. The average Bonchev–Trinajstić information content (AvgIpc) is 2.36. The number of ether oxygens (including phenoxy) is 1. The molecule has 0 aromatic carbocycles. The van der Waals surface area contributed by atoms with Gasteiger partial charge in [0.15, 0.2) is 0 Å². The summed E-state index contributed by atoms with van der Waals surface area (Å²) in [7, 11) is 3.56. The van der Waals surface area contributed by atoms with Crippen LogP contribution in [0.3, 0.4) is 0 Å². The molecule has 1 aromatic heterocycles. The summed E-state index contributed by atoms with van der Waals surface area (Å²) < 4.78 is 5.35. The lowest BCUT2D eigenvalue weighted by Crippen LogP contribution is -2.32. The molecule has 1 rings (SSSR count). The van der Waals surface area contributed by atoms with Crippen molar-refractivity contribution in [2.45, 2.75) is 32.8 Å². The predicted octanol–water partition coefficient (Wildman–Crippen LogP) is 1.92. The first-order chi connectivity index (χ1) is 8.00. The molecule has 17 heavy (non-hydrogen) atoms. The lowest BCUT2D eigenvalue weighted by Gasteiger charge is -2.23. The van der Waals surface area contributed by atoms with Crippen molar-refractivity contribution in [1.29, 1.82) is 0 Å². The van der Waals surface area contributed by atoms with Crippen LogP contribution in [0.1, 0.15) is 26.6 Å². The topological polar surface area (TPSA) is 59.1 Å². The highest BCUT2D eigenvalue weighted by Crippen LogP contribution is 2.14. The molecule has 0 unspecified atom stereocenters. The van der Waals surface area contributed by atoms with Gasteiger partial charge in [0.05, 0.1) is 5.60 Å². The smallest absolute Gasteiger partial charge is 0.132 e. The second-order valence-corrected chi connectivity index (χ2v) is 4.48. The molecule has 0 bridgehead atoms. The molecule has 1 heterocycles. The van der Waals surface area contributed by atoms with Crippen LogP contribution in [0.4, 0.5) is 11.6 Å². The van der Waals surface area contributed by atoms with Crippen LogP contribution in [-0.2, 0) is 11.2 Å². The van der Waals surface area contributed by atoms with Crippen molar-refractivity contribution >= 4 is 11.6 Å². The predicted molar refractivity (Wildman–Crippen MR) is 70.5 cm³/mol. The minimum Gasteiger partial charge on any atom is -0.377 e. The van der Waals surface area contributed by atoms with E-state index in [1.54, 1.807) is 7.11 Å². The maximum Gasteiger partial charge on any atom is 0.132 e. The largest absolute Gasteiger partial charge is 0.377 e. The van der Waals surface area contributed by atoms with Gasteiger partial charge in [-0.25, -0.2) is 9.97 Å². The molecule has 0 saturated heterocycles. The summed E-state index contributed by atoms with van der Waals surface area (Å²) in [5.41, 5.74) is -0.211. The van der Waals surface area contributed by atoms with Gasteiger partial charge in [0.1, 0.15) is 17.5 Å². The van der Waals surface area contributed by atoms with Crippen LogP contribution in [-0.4, -0.2) is 36.3 Å². The third-order valence-electron chi connectivity index (χ3n) is 2.59. The molecular formula is C12H22N4O. The van der Waals surface area contributed by atoms with Gasteiger partial charge in [0, 0.05) is 33.2 Å². The molecule has 0 fully saturated rings. The highest BCUT2D eigenvalue weighted by atomic mass is 16.5. The van der Waals surface area contributed by atoms with Crippen molar-refractivity contribution in [1.82, 2.24) is 9.97 Å². The molecule has 0 atom stereocenters. The summed E-state index contributed by atoms with van der Waals surface area (Å²) in [5.74, 6) is 2.48. The average molecular weight is 238 g/mol. The zero-order valence-corrected chi connectivity index (χ0v) is 11.3. The number of nitrogens with zero attached hydrogens (tertiary/aromatic N) is 2. The van der Waals surface area contributed by atoms with E-state index in [4.69, 9.17) is 4.74 Å². The van der Waals surface area contributed by atoms with Crippen LogP contribution in [0, 0.1) is 0 Å². The first-order valence-corrected chi connectivity index (χ1v) is 5.85. The van der Waals surface area contributed by atoms with Crippen LogP contribution in [0.5, 0.6) is 0 Å². The number of aryl methyl sites for hydroxylation is 1. The fraction of sp³-hybridized carbons (Fsp3) is 0.667. The Morgan fingerprint density at radius 3 is 2.47 bits per heavy atom. The van der Waals surface area contributed by atoms with Gasteiger partial charge in [0.25, 0.3) is 0 Å².